The Bertz CT molecular complexity index is 1980. The Morgan fingerprint density at radius 2 is 1.53 bits per heavy atom. The Balaban J connectivity index is 0.000000501. The van der Waals surface area contributed by atoms with Crippen molar-refractivity contribution in [1.82, 2.24) is 15.1 Å². The summed E-state index contributed by atoms with van der Waals surface area (Å²) in [4.78, 5) is 65.8. The van der Waals surface area contributed by atoms with E-state index in [-0.39, 0.29) is 22.3 Å². The highest BCUT2D eigenvalue weighted by molar-refractivity contribution is 8.01. The van der Waals surface area contributed by atoms with Crippen molar-refractivity contribution in [3.05, 3.63) is 65.2 Å². The average Bonchev–Trinajstić information content (AvgIpc) is 3.38. The number of carbonyl (C=O) groups is 5. The fourth-order valence-electron chi connectivity index (χ4n) is 6.30. The number of carbonyl (C=O) groups excluding carboxylic acids is 5. The van der Waals surface area contributed by atoms with E-state index >= 15 is 0 Å². The van der Waals surface area contributed by atoms with Gasteiger partial charge in [-0.15, -0.1) is 11.8 Å². The van der Waals surface area contributed by atoms with Crippen LogP contribution in [0.2, 0.25) is 5.02 Å². The van der Waals surface area contributed by atoms with Gasteiger partial charge < -0.3 is 41.3 Å². The molecule has 3 amide bonds. The lowest BCUT2D eigenvalue weighted by molar-refractivity contribution is -0.181. The van der Waals surface area contributed by atoms with E-state index in [0.29, 0.717) is 10.6 Å². The lowest BCUT2D eigenvalue weighted by atomic mass is 9.95. The summed E-state index contributed by atoms with van der Waals surface area (Å²) in [6.07, 6.45) is -0.191. The highest BCUT2D eigenvalue weighted by atomic mass is 35.5. The molecule has 1 unspecified atom stereocenters. The van der Waals surface area contributed by atoms with Gasteiger partial charge in [0, 0.05) is 9.77 Å². The van der Waals surface area contributed by atoms with Gasteiger partial charge in [-0.1, -0.05) is 41.9 Å². The molecule has 4 fully saturated rings. The van der Waals surface area contributed by atoms with Crippen molar-refractivity contribution < 1.29 is 65.8 Å². The van der Waals surface area contributed by atoms with Crippen LogP contribution in [0.1, 0.15) is 45.7 Å². The zero-order valence-corrected chi connectivity index (χ0v) is 31.8. The smallest absolute Gasteiger partial charge is 0.333 e. The molecular formula is C31H39ClN4O14S3. The van der Waals surface area contributed by atoms with Gasteiger partial charge in [-0.2, -0.15) is 8.42 Å². The quantitative estimate of drug-likeness (QED) is 0.129. The first-order chi connectivity index (χ1) is 23.6. The van der Waals surface area contributed by atoms with Crippen molar-refractivity contribution in [2.24, 2.45) is 5.73 Å². The standard InChI is InChI=1S/C25H30N4O9S2.C6H5ClO3S.2H2O/c1-24(2)17(29-20(32)16(21(29)39-24)27-19(31)15(26)12-8-6-5-7-9-12)22(33)37-11-38-23(34)18-25(3,4)40(35,36)14-10-13(30)28(14)18;7-5-1-3-6(4-2-5)11(8,9)10;;/h5-9,14-18,21H,10-11,26H2,1-4H3,(H,27,31);1-4H,(H,8,9,10);2*1H2/t14-,15?,16-,17+,18+,21-;;;/m1.../s1. The fraction of sp³-hybridized carbons (Fsp3) is 0.452. The van der Waals surface area contributed by atoms with Crippen LogP contribution in [0.25, 0.3) is 0 Å². The number of esters is 2. The first-order valence-corrected chi connectivity index (χ1v) is 19.6. The van der Waals surface area contributed by atoms with Crippen LogP contribution in [0.15, 0.2) is 59.5 Å². The van der Waals surface area contributed by atoms with Crippen LogP contribution in [0.5, 0.6) is 0 Å². The van der Waals surface area contributed by atoms with Crippen LogP contribution in [0.3, 0.4) is 0 Å². The van der Waals surface area contributed by atoms with Gasteiger partial charge in [0.15, 0.2) is 9.84 Å². The summed E-state index contributed by atoms with van der Waals surface area (Å²) in [6.45, 7) is 5.37. The molecule has 0 aliphatic carbocycles. The molecule has 4 saturated heterocycles. The number of nitrogens with zero attached hydrogens (tertiary/aromatic N) is 2. The molecule has 4 aliphatic heterocycles. The summed E-state index contributed by atoms with van der Waals surface area (Å²) in [7, 11) is -7.88. The van der Waals surface area contributed by atoms with Crippen LogP contribution in [0.4, 0.5) is 0 Å². The highest BCUT2D eigenvalue weighted by Crippen LogP contribution is 2.51. The summed E-state index contributed by atoms with van der Waals surface area (Å²) in [5.74, 6) is -3.32. The third-order valence-electron chi connectivity index (χ3n) is 9.12. The minimum atomic E-state index is -4.08. The van der Waals surface area contributed by atoms with Gasteiger partial charge in [-0.25, -0.2) is 18.0 Å². The van der Waals surface area contributed by atoms with Gasteiger partial charge in [0.2, 0.25) is 24.5 Å². The molecule has 22 heteroatoms. The number of nitrogens with two attached hydrogens (primary N) is 1. The van der Waals surface area contributed by atoms with Crippen LogP contribution in [-0.4, -0.2) is 117 Å². The van der Waals surface area contributed by atoms with Crippen molar-refractivity contribution in [3.8, 4) is 0 Å². The third kappa shape index (κ3) is 7.88. The number of hydrogen-bond donors (Lipinski definition) is 3. The molecule has 0 radical (unpaired) electrons. The zero-order valence-electron chi connectivity index (χ0n) is 28.6. The van der Waals surface area contributed by atoms with E-state index in [1.54, 1.807) is 44.2 Å². The van der Waals surface area contributed by atoms with Crippen molar-refractivity contribution in [2.75, 3.05) is 6.79 Å². The number of thioether (sulfide) groups is 1. The van der Waals surface area contributed by atoms with Crippen molar-refractivity contribution in [1.29, 1.82) is 0 Å². The Labute approximate surface area is 313 Å². The number of halogens is 1. The minimum Gasteiger partial charge on any atom is -0.426 e. The molecule has 18 nitrogen and oxygen atoms in total. The second kappa shape index (κ2) is 15.5. The van der Waals surface area contributed by atoms with Crippen LogP contribution in [0, 0.1) is 0 Å². The van der Waals surface area contributed by atoms with E-state index in [0.717, 1.165) is 4.90 Å². The number of amides is 3. The molecule has 6 rings (SSSR count). The first-order valence-electron chi connectivity index (χ1n) is 15.3. The molecule has 2 aromatic rings. The number of ether oxygens (including phenoxy) is 2. The maximum atomic E-state index is 13.0. The summed E-state index contributed by atoms with van der Waals surface area (Å²) >= 11 is 6.80. The molecular weight excluding hydrogens is 784 g/mol. The molecule has 53 heavy (non-hydrogen) atoms. The van der Waals surface area contributed by atoms with Gasteiger partial charge in [0.1, 0.15) is 34.9 Å². The monoisotopic (exact) mass is 822 g/mol. The number of sulfone groups is 1. The molecule has 6 atom stereocenters. The van der Waals surface area contributed by atoms with E-state index in [4.69, 9.17) is 31.4 Å². The largest absolute Gasteiger partial charge is 0.426 e. The van der Waals surface area contributed by atoms with Gasteiger partial charge in [0.05, 0.1) is 16.1 Å². The van der Waals surface area contributed by atoms with Gasteiger partial charge >= 0.3 is 11.9 Å². The Kier molecular flexibility index (Phi) is 12.7. The third-order valence-corrected chi connectivity index (χ3v) is 14.6. The number of rotatable bonds is 8. The van der Waals surface area contributed by atoms with Crippen LogP contribution < -0.4 is 11.1 Å². The van der Waals surface area contributed by atoms with Crippen LogP contribution >= 0.6 is 23.4 Å². The summed E-state index contributed by atoms with van der Waals surface area (Å²) in [5, 5.41) is 1.50. The van der Waals surface area contributed by atoms with E-state index in [9.17, 15) is 40.8 Å². The van der Waals surface area contributed by atoms with Crippen molar-refractivity contribution in [3.63, 3.8) is 0 Å². The number of fused-ring (bicyclic) bond motifs is 2. The van der Waals surface area contributed by atoms with Gasteiger partial charge in [0.25, 0.3) is 10.1 Å². The van der Waals surface area contributed by atoms with Gasteiger partial charge in [-0.3, -0.25) is 18.9 Å². The summed E-state index contributed by atoms with van der Waals surface area (Å²) in [5.41, 5.74) is 6.64. The SMILES string of the molecule is CC1(C)S[C@@H]2[C@H](NC(=O)C(N)c3ccccc3)C(=O)N2[C@H]1C(=O)OCOC(=O)[C@@H]1N2C(=O)C[C@H]2S(=O)(=O)C1(C)C.O.O.O=S(=O)(O)c1ccc(Cl)cc1. The Morgan fingerprint density at radius 1 is 0.981 bits per heavy atom. The Morgan fingerprint density at radius 3 is 2.06 bits per heavy atom. The predicted octanol–water partition coefficient (Wildman–Crippen LogP) is -0.651. The molecule has 0 bridgehead atoms. The summed E-state index contributed by atoms with van der Waals surface area (Å²) < 4.78 is 62.7. The molecule has 0 aromatic heterocycles. The lowest BCUT2D eigenvalue weighted by Gasteiger charge is -2.44. The van der Waals surface area contributed by atoms with Gasteiger partial charge in [-0.05, 0) is 57.5 Å². The fourth-order valence-corrected chi connectivity index (χ4v) is 10.6. The molecule has 0 spiro atoms. The van der Waals surface area contributed by atoms with E-state index in [1.807, 2.05) is 0 Å². The average molecular weight is 823 g/mol. The lowest BCUT2D eigenvalue weighted by Crippen LogP contribution is -2.71. The van der Waals surface area contributed by atoms with E-state index < -0.39 is 101 Å². The number of nitrogens with one attached hydrogen (secondary N) is 1. The predicted molar refractivity (Wildman–Crippen MR) is 189 cm³/mol. The summed E-state index contributed by atoms with van der Waals surface area (Å²) in [6, 6.07) is 9.71. The molecule has 0 saturated carbocycles. The minimum absolute atomic E-state index is 0. The highest BCUT2D eigenvalue weighted by Gasteiger charge is 2.68. The normalized spacial score (nSPS) is 26.0. The maximum Gasteiger partial charge on any atom is 0.333 e. The van der Waals surface area contributed by atoms with Crippen LogP contribution in [-0.2, 0) is 53.4 Å². The topological polar surface area (TPSA) is 300 Å². The number of hydrogen-bond acceptors (Lipinski definition) is 13. The molecule has 8 N–H and O–H groups in total. The zero-order chi connectivity index (χ0) is 37.8. The first kappa shape index (κ1) is 43.6. The van der Waals surface area contributed by atoms with Crippen molar-refractivity contribution in [2.45, 2.75) is 83.4 Å². The van der Waals surface area contributed by atoms with E-state index in [2.05, 4.69) is 5.32 Å². The second-order valence-electron chi connectivity index (χ2n) is 13.1. The maximum absolute atomic E-state index is 13.0. The number of β-lactam (4-membered cyclic amide) rings is 2. The number of benzene rings is 2. The molecule has 292 valence electrons. The Hall–Kier alpha value is -3.83. The molecule has 4 heterocycles. The second-order valence-corrected chi connectivity index (χ2v) is 19.4. The molecule has 2 aromatic carbocycles. The van der Waals surface area contributed by atoms with Crippen molar-refractivity contribution >= 4 is 73.0 Å². The molecule has 4 aliphatic rings. The van der Waals surface area contributed by atoms with E-state index in [1.165, 1.54) is 54.8 Å².